The summed E-state index contributed by atoms with van der Waals surface area (Å²) >= 11 is 5.17. The number of piperidine rings is 1. The van der Waals surface area contributed by atoms with Crippen molar-refractivity contribution in [1.82, 2.24) is 10.2 Å². The lowest BCUT2D eigenvalue weighted by molar-refractivity contribution is 0.0924. The number of carbonyl (C=O) groups excluding carboxylic acids is 1. The summed E-state index contributed by atoms with van der Waals surface area (Å²) in [4.78, 5) is 15.0. The highest BCUT2D eigenvalue weighted by Gasteiger charge is 2.23. The quantitative estimate of drug-likeness (QED) is 0.813. The lowest BCUT2D eigenvalue weighted by Gasteiger charge is -2.34. The molecule has 1 amide bonds. The monoisotopic (exact) mass is 392 g/mol. The molecule has 3 nitrogen and oxygen atoms in total. The normalized spacial score (nSPS) is 16.9. The standard InChI is InChI=1S/C18H21BrN2OS/c19-16-7-3-2-6-15(16)18(22)20-12-17(14-8-11-23-13-14)21-9-4-1-5-10-21/h2-3,6-8,11,13,17H,1,4-5,9-10,12H2,(H,20,22). The predicted molar refractivity (Wildman–Crippen MR) is 99.0 cm³/mol. The van der Waals surface area contributed by atoms with E-state index in [9.17, 15) is 4.79 Å². The molecule has 1 N–H and O–H groups in total. The molecule has 0 radical (unpaired) electrons. The Morgan fingerprint density at radius 2 is 2.00 bits per heavy atom. The van der Waals surface area contributed by atoms with Crippen LogP contribution < -0.4 is 5.32 Å². The van der Waals surface area contributed by atoms with E-state index in [-0.39, 0.29) is 11.9 Å². The molecule has 1 saturated heterocycles. The third kappa shape index (κ3) is 4.22. The molecular weight excluding hydrogens is 372 g/mol. The number of nitrogens with zero attached hydrogens (tertiary/aromatic N) is 1. The van der Waals surface area contributed by atoms with Crippen LogP contribution in [0.3, 0.4) is 0 Å². The zero-order valence-electron chi connectivity index (χ0n) is 13.0. The van der Waals surface area contributed by atoms with E-state index in [4.69, 9.17) is 0 Å². The van der Waals surface area contributed by atoms with E-state index in [1.165, 1.54) is 24.8 Å². The van der Waals surface area contributed by atoms with Crippen LogP contribution in [0.25, 0.3) is 0 Å². The summed E-state index contributed by atoms with van der Waals surface area (Å²) in [6, 6.07) is 10.0. The number of carbonyl (C=O) groups is 1. The molecule has 1 unspecified atom stereocenters. The van der Waals surface area contributed by atoms with E-state index >= 15 is 0 Å². The molecule has 2 heterocycles. The Balaban J connectivity index is 1.69. The van der Waals surface area contributed by atoms with Crippen molar-refractivity contribution in [3.8, 4) is 0 Å². The molecule has 2 aromatic rings. The van der Waals surface area contributed by atoms with Crippen molar-refractivity contribution in [2.24, 2.45) is 0 Å². The molecule has 1 aromatic carbocycles. The van der Waals surface area contributed by atoms with Crippen LogP contribution in [-0.4, -0.2) is 30.4 Å². The van der Waals surface area contributed by atoms with Gasteiger partial charge in [-0.15, -0.1) is 0 Å². The van der Waals surface area contributed by atoms with Gasteiger partial charge < -0.3 is 5.32 Å². The summed E-state index contributed by atoms with van der Waals surface area (Å²) in [5.41, 5.74) is 2.00. The van der Waals surface area contributed by atoms with E-state index in [1.807, 2.05) is 24.3 Å². The molecule has 1 fully saturated rings. The predicted octanol–water partition coefficient (Wildman–Crippen LogP) is 4.47. The van der Waals surface area contributed by atoms with Gasteiger partial charge in [-0.3, -0.25) is 9.69 Å². The highest BCUT2D eigenvalue weighted by atomic mass is 79.9. The first kappa shape index (κ1) is 16.7. The highest BCUT2D eigenvalue weighted by Crippen LogP contribution is 2.26. The maximum atomic E-state index is 12.5. The molecule has 23 heavy (non-hydrogen) atoms. The van der Waals surface area contributed by atoms with Gasteiger partial charge in [0.15, 0.2) is 0 Å². The Morgan fingerprint density at radius 1 is 1.22 bits per heavy atom. The first-order valence-electron chi connectivity index (χ1n) is 8.04. The van der Waals surface area contributed by atoms with Crippen molar-refractivity contribution < 1.29 is 4.79 Å². The van der Waals surface area contributed by atoms with Gasteiger partial charge in [0.2, 0.25) is 0 Å². The molecule has 1 aliphatic rings. The maximum Gasteiger partial charge on any atom is 0.252 e. The summed E-state index contributed by atoms with van der Waals surface area (Å²) in [6.45, 7) is 2.88. The average Bonchev–Trinajstić information content (AvgIpc) is 3.10. The Bertz CT molecular complexity index is 638. The molecule has 0 bridgehead atoms. The molecule has 0 aliphatic carbocycles. The zero-order chi connectivity index (χ0) is 16.1. The van der Waals surface area contributed by atoms with Crippen molar-refractivity contribution in [1.29, 1.82) is 0 Å². The van der Waals surface area contributed by atoms with Gasteiger partial charge >= 0.3 is 0 Å². The van der Waals surface area contributed by atoms with Crippen LogP contribution in [0.2, 0.25) is 0 Å². The number of thiophene rings is 1. The molecule has 1 aliphatic heterocycles. The first-order valence-corrected chi connectivity index (χ1v) is 9.78. The number of hydrogen-bond donors (Lipinski definition) is 1. The number of benzene rings is 1. The zero-order valence-corrected chi connectivity index (χ0v) is 15.4. The van der Waals surface area contributed by atoms with Crippen LogP contribution in [0.4, 0.5) is 0 Å². The lowest BCUT2D eigenvalue weighted by atomic mass is 10.0. The molecule has 1 aromatic heterocycles. The third-order valence-corrected chi connectivity index (χ3v) is 5.73. The van der Waals surface area contributed by atoms with Crippen molar-refractivity contribution in [3.63, 3.8) is 0 Å². The smallest absolute Gasteiger partial charge is 0.252 e. The van der Waals surface area contributed by atoms with Crippen LogP contribution >= 0.6 is 27.3 Å². The fraction of sp³-hybridized carbons (Fsp3) is 0.389. The van der Waals surface area contributed by atoms with E-state index in [1.54, 1.807) is 11.3 Å². The average molecular weight is 393 g/mol. The number of likely N-dealkylation sites (tertiary alicyclic amines) is 1. The fourth-order valence-corrected chi connectivity index (χ4v) is 4.25. The van der Waals surface area contributed by atoms with Gasteiger partial charge in [-0.05, 0) is 76.4 Å². The third-order valence-electron chi connectivity index (χ3n) is 4.33. The van der Waals surface area contributed by atoms with Gasteiger partial charge in [-0.2, -0.15) is 11.3 Å². The summed E-state index contributed by atoms with van der Waals surface area (Å²) in [5.74, 6) is -0.0188. The van der Waals surface area contributed by atoms with Crippen LogP contribution in [0.5, 0.6) is 0 Å². The van der Waals surface area contributed by atoms with Crippen LogP contribution in [0.1, 0.15) is 41.2 Å². The van der Waals surface area contributed by atoms with E-state index in [0.717, 1.165) is 17.6 Å². The molecule has 0 spiro atoms. The molecule has 1 atom stereocenters. The molecule has 122 valence electrons. The number of nitrogens with one attached hydrogen (secondary N) is 1. The van der Waals surface area contributed by atoms with Crippen molar-refractivity contribution in [2.45, 2.75) is 25.3 Å². The minimum absolute atomic E-state index is 0.0188. The summed E-state index contributed by atoms with van der Waals surface area (Å²) < 4.78 is 0.836. The summed E-state index contributed by atoms with van der Waals surface area (Å²) in [5, 5.41) is 7.43. The number of halogens is 1. The van der Waals surface area contributed by atoms with Crippen molar-refractivity contribution in [3.05, 3.63) is 56.7 Å². The molecular formula is C18H21BrN2OS. The largest absolute Gasteiger partial charge is 0.350 e. The SMILES string of the molecule is O=C(NCC(c1ccsc1)N1CCCCC1)c1ccccc1Br. The van der Waals surface area contributed by atoms with Gasteiger partial charge in [-0.25, -0.2) is 0 Å². The molecule has 5 heteroatoms. The fourth-order valence-electron chi connectivity index (χ4n) is 3.08. The lowest BCUT2D eigenvalue weighted by Crippen LogP contribution is -2.40. The Morgan fingerprint density at radius 3 is 2.70 bits per heavy atom. The van der Waals surface area contributed by atoms with Crippen molar-refractivity contribution >= 4 is 33.2 Å². The van der Waals surface area contributed by atoms with Gasteiger partial charge in [0.05, 0.1) is 11.6 Å². The van der Waals surface area contributed by atoms with E-state index in [0.29, 0.717) is 12.1 Å². The van der Waals surface area contributed by atoms with Gasteiger partial charge in [-0.1, -0.05) is 18.6 Å². The van der Waals surface area contributed by atoms with Crippen molar-refractivity contribution in [2.75, 3.05) is 19.6 Å². The Hall–Kier alpha value is -1.17. The first-order chi connectivity index (χ1) is 11.3. The summed E-state index contributed by atoms with van der Waals surface area (Å²) in [7, 11) is 0. The number of hydrogen-bond acceptors (Lipinski definition) is 3. The minimum Gasteiger partial charge on any atom is -0.350 e. The number of rotatable bonds is 5. The van der Waals surface area contributed by atoms with E-state index < -0.39 is 0 Å². The van der Waals surface area contributed by atoms with Gasteiger partial charge in [0.1, 0.15) is 0 Å². The Labute approximate surface area is 149 Å². The maximum absolute atomic E-state index is 12.5. The second kappa shape index (κ2) is 8.08. The highest BCUT2D eigenvalue weighted by molar-refractivity contribution is 9.10. The second-order valence-corrected chi connectivity index (χ2v) is 7.49. The minimum atomic E-state index is -0.0188. The van der Waals surface area contributed by atoms with Gasteiger partial charge in [0.25, 0.3) is 5.91 Å². The molecule has 0 saturated carbocycles. The second-order valence-electron chi connectivity index (χ2n) is 5.86. The van der Waals surface area contributed by atoms with Crippen LogP contribution in [0.15, 0.2) is 45.6 Å². The van der Waals surface area contributed by atoms with Crippen LogP contribution in [0, 0.1) is 0 Å². The Kier molecular flexibility index (Phi) is 5.86. The van der Waals surface area contributed by atoms with Gasteiger partial charge in [0, 0.05) is 11.0 Å². The topological polar surface area (TPSA) is 32.3 Å². The molecule has 3 rings (SSSR count). The van der Waals surface area contributed by atoms with Crippen LogP contribution in [-0.2, 0) is 0 Å². The summed E-state index contributed by atoms with van der Waals surface area (Å²) in [6.07, 6.45) is 3.81. The van der Waals surface area contributed by atoms with E-state index in [2.05, 4.69) is 43.0 Å². The number of amides is 1.